The van der Waals surface area contributed by atoms with Crippen LogP contribution >= 0.6 is 11.3 Å². The molecule has 0 atom stereocenters. The number of carbonyl (C=O) groups excluding carboxylic acids is 1. The number of carbonyl (C=O) groups is 2. The fourth-order valence-electron chi connectivity index (χ4n) is 3.73. The van der Waals surface area contributed by atoms with Gasteiger partial charge in [-0.25, -0.2) is 14.6 Å². The minimum Gasteiger partial charge on any atom is -0.477 e. The Bertz CT molecular complexity index is 1380. The number of benzene rings is 2. The normalized spacial score (nSPS) is 12.7. The Kier molecular flexibility index (Phi) is 4.37. The highest BCUT2D eigenvalue weighted by Gasteiger charge is 2.33. The molecule has 3 heterocycles. The third-order valence-electron chi connectivity index (χ3n) is 5.07. The van der Waals surface area contributed by atoms with Crippen LogP contribution in [0.15, 0.2) is 54.7 Å². The van der Waals surface area contributed by atoms with Gasteiger partial charge in [0, 0.05) is 6.20 Å². The Morgan fingerprint density at radius 3 is 2.65 bits per heavy atom. The summed E-state index contributed by atoms with van der Waals surface area (Å²) in [6, 6.07) is 14.6. The number of ether oxygens (including phenoxy) is 1. The number of amides is 2. The Labute approximate surface area is 181 Å². The van der Waals surface area contributed by atoms with E-state index in [9.17, 15) is 14.7 Å². The number of nitrogens with one attached hydrogen (secondary N) is 1. The number of carboxylic acid groups (broad SMARTS) is 1. The van der Waals surface area contributed by atoms with Crippen molar-refractivity contribution in [1.82, 2.24) is 4.98 Å². The molecule has 0 unspecified atom stereocenters. The van der Waals surface area contributed by atoms with Crippen molar-refractivity contribution < 1.29 is 19.4 Å². The van der Waals surface area contributed by atoms with E-state index in [2.05, 4.69) is 10.3 Å². The number of pyridine rings is 1. The van der Waals surface area contributed by atoms with Crippen LogP contribution in [0, 0.1) is 13.8 Å². The first kappa shape index (κ1) is 19.1. The van der Waals surface area contributed by atoms with E-state index in [0.717, 1.165) is 28.2 Å². The van der Waals surface area contributed by atoms with Crippen LogP contribution < -0.4 is 15.0 Å². The van der Waals surface area contributed by atoms with Gasteiger partial charge in [0.15, 0.2) is 0 Å². The van der Waals surface area contributed by atoms with Crippen molar-refractivity contribution >= 4 is 50.6 Å². The molecule has 0 bridgehead atoms. The molecule has 2 aromatic heterocycles. The molecule has 2 N–H and O–H groups in total. The zero-order valence-corrected chi connectivity index (χ0v) is 17.5. The summed E-state index contributed by atoms with van der Waals surface area (Å²) in [6.07, 6.45) is 1.58. The number of anilines is 3. The topological polar surface area (TPSA) is 91.8 Å². The molecule has 7 nitrogen and oxygen atoms in total. The van der Waals surface area contributed by atoms with Gasteiger partial charge in [-0.05, 0) is 61.4 Å². The fraction of sp³-hybridized carbons (Fsp3) is 0.0870. The summed E-state index contributed by atoms with van der Waals surface area (Å²) in [5, 5.41) is 12.9. The van der Waals surface area contributed by atoms with Gasteiger partial charge in [-0.15, -0.1) is 11.3 Å². The van der Waals surface area contributed by atoms with Gasteiger partial charge in [0.05, 0.1) is 22.4 Å². The molecule has 0 radical (unpaired) electrons. The summed E-state index contributed by atoms with van der Waals surface area (Å²) in [6.45, 7) is 3.90. The second kappa shape index (κ2) is 7.10. The predicted octanol–water partition coefficient (Wildman–Crippen LogP) is 6.09. The quantitative estimate of drug-likeness (QED) is 0.408. The number of thiophene rings is 1. The number of urea groups is 1. The molecule has 5 rings (SSSR count). The maximum atomic E-state index is 13.0. The predicted molar refractivity (Wildman–Crippen MR) is 120 cm³/mol. The largest absolute Gasteiger partial charge is 0.477 e. The smallest absolute Gasteiger partial charge is 0.348 e. The van der Waals surface area contributed by atoms with Crippen LogP contribution in [0.4, 0.5) is 21.9 Å². The van der Waals surface area contributed by atoms with E-state index in [1.807, 2.05) is 56.3 Å². The molecule has 8 heteroatoms. The molecular formula is C23H17N3O4S. The second-order valence-corrected chi connectivity index (χ2v) is 8.25. The van der Waals surface area contributed by atoms with Crippen LogP contribution in [-0.4, -0.2) is 22.1 Å². The first-order chi connectivity index (χ1) is 14.9. The third-order valence-corrected chi connectivity index (χ3v) is 6.16. The van der Waals surface area contributed by atoms with E-state index in [-0.39, 0.29) is 4.88 Å². The van der Waals surface area contributed by atoms with Gasteiger partial charge in [-0.1, -0.05) is 12.1 Å². The monoisotopic (exact) mass is 431 g/mol. The summed E-state index contributed by atoms with van der Waals surface area (Å²) in [5.74, 6) is 0.308. The molecule has 0 saturated heterocycles. The van der Waals surface area contributed by atoms with Gasteiger partial charge < -0.3 is 15.2 Å². The van der Waals surface area contributed by atoms with Crippen LogP contribution in [0.5, 0.6) is 11.5 Å². The number of carboxylic acids is 1. The highest BCUT2D eigenvalue weighted by molar-refractivity contribution is 7.21. The van der Waals surface area contributed by atoms with E-state index in [1.54, 1.807) is 17.2 Å². The standard InChI is InChI=1S/C23H17N3O4S/c1-12-4-3-5-14(10-12)30-15-6-7-16(13(2)11-15)26-17-8-9-24-21-18(17)19(25-23(26)29)20(31-21)22(27)28/h3-11H,1-2H3,(H,25,29)(H,27,28). The van der Waals surface area contributed by atoms with Crippen molar-refractivity contribution in [2.75, 3.05) is 10.2 Å². The van der Waals surface area contributed by atoms with Crippen molar-refractivity contribution in [2.24, 2.45) is 0 Å². The van der Waals surface area contributed by atoms with Crippen LogP contribution in [0.3, 0.4) is 0 Å². The SMILES string of the molecule is Cc1cccc(Oc2ccc(N3C(=O)Nc4c(C(=O)O)sc5nccc3c45)c(C)c2)c1. The second-order valence-electron chi connectivity index (χ2n) is 7.25. The summed E-state index contributed by atoms with van der Waals surface area (Å²) >= 11 is 1.05. The molecule has 154 valence electrons. The van der Waals surface area contributed by atoms with Crippen molar-refractivity contribution in [3.05, 3.63) is 70.7 Å². The molecule has 0 spiro atoms. The number of rotatable bonds is 4. The van der Waals surface area contributed by atoms with Crippen LogP contribution in [0.25, 0.3) is 10.2 Å². The first-order valence-electron chi connectivity index (χ1n) is 9.53. The Morgan fingerprint density at radius 2 is 1.90 bits per heavy atom. The third kappa shape index (κ3) is 3.17. The summed E-state index contributed by atoms with van der Waals surface area (Å²) in [5.41, 5.74) is 3.51. The van der Waals surface area contributed by atoms with Gasteiger partial charge in [-0.2, -0.15) is 0 Å². The molecule has 1 aliphatic heterocycles. The van der Waals surface area contributed by atoms with Gasteiger partial charge >= 0.3 is 12.0 Å². The fourth-order valence-corrected chi connectivity index (χ4v) is 4.69. The molecule has 1 aliphatic rings. The molecule has 0 saturated carbocycles. The molecule has 0 fully saturated rings. The van der Waals surface area contributed by atoms with Crippen molar-refractivity contribution in [1.29, 1.82) is 0 Å². The maximum Gasteiger partial charge on any atom is 0.348 e. The average molecular weight is 431 g/mol. The number of nitrogens with zero attached hydrogens (tertiary/aromatic N) is 2. The van der Waals surface area contributed by atoms with E-state index in [4.69, 9.17) is 4.74 Å². The van der Waals surface area contributed by atoms with Crippen molar-refractivity contribution in [3.8, 4) is 11.5 Å². The summed E-state index contributed by atoms with van der Waals surface area (Å²) in [4.78, 5) is 31.1. The minimum atomic E-state index is -1.09. The number of hydrogen-bond donors (Lipinski definition) is 2. The Balaban J connectivity index is 1.57. The van der Waals surface area contributed by atoms with Crippen molar-refractivity contribution in [2.45, 2.75) is 13.8 Å². The molecule has 31 heavy (non-hydrogen) atoms. The molecule has 2 aromatic carbocycles. The molecule has 0 aliphatic carbocycles. The number of hydrogen-bond acceptors (Lipinski definition) is 5. The van der Waals surface area contributed by atoms with Gasteiger partial charge in [0.2, 0.25) is 0 Å². The van der Waals surface area contributed by atoms with E-state index in [0.29, 0.717) is 33.0 Å². The lowest BCUT2D eigenvalue weighted by molar-refractivity contribution is 0.0703. The molecule has 4 aromatic rings. The van der Waals surface area contributed by atoms with Gasteiger partial charge in [0.1, 0.15) is 21.2 Å². The van der Waals surface area contributed by atoms with E-state index >= 15 is 0 Å². The van der Waals surface area contributed by atoms with Crippen LogP contribution in [0.2, 0.25) is 0 Å². The lowest BCUT2D eigenvalue weighted by Crippen LogP contribution is -2.34. The molecule has 2 amide bonds. The number of aromatic carboxylic acids is 1. The first-order valence-corrected chi connectivity index (χ1v) is 10.3. The van der Waals surface area contributed by atoms with Crippen LogP contribution in [-0.2, 0) is 0 Å². The molecular weight excluding hydrogens is 414 g/mol. The maximum absolute atomic E-state index is 13.0. The Morgan fingerprint density at radius 1 is 1.10 bits per heavy atom. The van der Waals surface area contributed by atoms with Gasteiger partial charge in [0.25, 0.3) is 0 Å². The highest BCUT2D eigenvalue weighted by atomic mass is 32.1. The average Bonchev–Trinajstić information content (AvgIpc) is 3.09. The Hall–Kier alpha value is -3.91. The van der Waals surface area contributed by atoms with Crippen LogP contribution in [0.1, 0.15) is 20.8 Å². The zero-order valence-electron chi connectivity index (χ0n) is 16.7. The number of aryl methyl sites for hydroxylation is 2. The van der Waals surface area contributed by atoms with E-state index < -0.39 is 12.0 Å². The lowest BCUT2D eigenvalue weighted by atomic mass is 10.1. The zero-order chi connectivity index (χ0) is 21.7. The number of aromatic nitrogens is 1. The minimum absolute atomic E-state index is 0.0709. The van der Waals surface area contributed by atoms with Gasteiger partial charge in [-0.3, -0.25) is 4.90 Å². The summed E-state index contributed by atoms with van der Waals surface area (Å²) < 4.78 is 5.96. The van der Waals surface area contributed by atoms with Crippen molar-refractivity contribution in [3.63, 3.8) is 0 Å². The van der Waals surface area contributed by atoms with E-state index in [1.165, 1.54) is 0 Å². The highest BCUT2D eigenvalue weighted by Crippen LogP contribution is 2.46. The lowest BCUT2D eigenvalue weighted by Gasteiger charge is -2.29. The summed E-state index contributed by atoms with van der Waals surface area (Å²) in [7, 11) is 0.